The minimum absolute atomic E-state index is 0.133. The predicted molar refractivity (Wildman–Crippen MR) is 70.7 cm³/mol. The van der Waals surface area contributed by atoms with E-state index in [1.807, 2.05) is 5.32 Å². The van der Waals surface area contributed by atoms with Crippen LogP contribution in [0, 0.1) is 0 Å². The van der Waals surface area contributed by atoms with Crippen molar-refractivity contribution in [3.63, 3.8) is 0 Å². The van der Waals surface area contributed by atoms with Gasteiger partial charge in [0.1, 0.15) is 0 Å². The van der Waals surface area contributed by atoms with E-state index in [1.54, 1.807) is 0 Å². The molecule has 1 aromatic carbocycles. The van der Waals surface area contributed by atoms with Crippen LogP contribution < -0.4 is 10.6 Å². The number of nitrogens with zero attached hydrogens (tertiary/aromatic N) is 2. The van der Waals surface area contributed by atoms with Gasteiger partial charge in [0.2, 0.25) is 5.95 Å². The van der Waals surface area contributed by atoms with Crippen molar-refractivity contribution in [3.05, 3.63) is 48.3 Å². The first-order valence-corrected chi connectivity index (χ1v) is 5.93. The number of benzene rings is 1. The highest BCUT2D eigenvalue weighted by atomic mass is 19.4. The number of halogens is 3. The van der Waals surface area contributed by atoms with Gasteiger partial charge in [-0.15, -0.1) is 0 Å². The van der Waals surface area contributed by atoms with Crippen LogP contribution in [0.2, 0.25) is 0 Å². The summed E-state index contributed by atoms with van der Waals surface area (Å²) in [5.41, 5.74) is -1.56. The number of aromatic nitrogens is 2. The van der Waals surface area contributed by atoms with Gasteiger partial charge in [0.15, 0.2) is 0 Å². The van der Waals surface area contributed by atoms with E-state index < -0.39 is 29.2 Å². The zero-order chi connectivity index (χ0) is 16.2. The second-order valence-electron chi connectivity index (χ2n) is 4.02. The Hall–Kier alpha value is -2.97. The molecule has 0 aliphatic rings. The van der Waals surface area contributed by atoms with Gasteiger partial charge in [-0.25, -0.2) is 9.97 Å². The number of alkyl halides is 3. The summed E-state index contributed by atoms with van der Waals surface area (Å²) in [4.78, 5) is 30.6. The Morgan fingerprint density at radius 2 is 1.50 bits per heavy atom. The number of amides is 2. The molecular formula is C13H9F3N4O2. The standard InChI is InChI=1S/C13H9F3N4O2/c14-13(15,16)8-4-1-2-5-9(8)19-10(21)11(22)20-12-17-6-3-7-18-12/h1-7H,(H,19,21)(H,17,18,20,22). The van der Waals surface area contributed by atoms with Gasteiger partial charge < -0.3 is 5.32 Å². The monoisotopic (exact) mass is 310 g/mol. The second kappa shape index (κ2) is 6.20. The number of hydrogen-bond acceptors (Lipinski definition) is 4. The smallest absolute Gasteiger partial charge is 0.317 e. The Kier molecular flexibility index (Phi) is 4.35. The third kappa shape index (κ3) is 3.78. The van der Waals surface area contributed by atoms with E-state index >= 15 is 0 Å². The molecule has 2 aromatic rings. The minimum Gasteiger partial charge on any atom is -0.317 e. The average molecular weight is 310 g/mol. The maximum Gasteiger partial charge on any atom is 0.418 e. The third-order valence-corrected chi connectivity index (χ3v) is 2.48. The normalized spacial score (nSPS) is 10.9. The quantitative estimate of drug-likeness (QED) is 0.832. The molecule has 114 valence electrons. The van der Waals surface area contributed by atoms with Gasteiger partial charge in [-0.2, -0.15) is 13.2 Å². The van der Waals surface area contributed by atoms with E-state index in [2.05, 4.69) is 15.3 Å². The Bertz CT molecular complexity index is 689. The largest absolute Gasteiger partial charge is 0.418 e. The highest BCUT2D eigenvalue weighted by molar-refractivity contribution is 6.43. The molecule has 6 nitrogen and oxygen atoms in total. The minimum atomic E-state index is -4.65. The lowest BCUT2D eigenvalue weighted by Crippen LogP contribution is -2.30. The van der Waals surface area contributed by atoms with Crippen LogP contribution in [0.15, 0.2) is 42.7 Å². The molecule has 0 aliphatic heterocycles. The van der Waals surface area contributed by atoms with Crippen molar-refractivity contribution in [1.29, 1.82) is 0 Å². The first-order valence-electron chi connectivity index (χ1n) is 5.93. The van der Waals surface area contributed by atoms with Crippen molar-refractivity contribution in [1.82, 2.24) is 9.97 Å². The van der Waals surface area contributed by atoms with Gasteiger partial charge in [0.25, 0.3) is 0 Å². The Morgan fingerprint density at radius 3 is 2.14 bits per heavy atom. The second-order valence-corrected chi connectivity index (χ2v) is 4.02. The van der Waals surface area contributed by atoms with Gasteiger partial charge in [-0.05, 0) is 18.2 Å². The van der Waals surface area contributed by atoms with E-state index in [-0.39, 0.29) is 5.95 Å². The van der Waals surface area contributed by atoms with Crippen molar-refractivity contribution in [2.24, 2.45) is 0 Å². The fourth-order valence-electron chi connectivity index (χ4n) is 1.54. The summed E-state index contributed by atoms with van der Waals surface area (Å²) in [6, 6.07) is 5.83. The highest BCUT2D eigenvalue weighted by Crippen LogP contribution is 2.34. The summed E-state index contributed by atoms with van der Waals surface area (Å²) >= 11 is 0. The summed E-state index contributed by atoms with van der Waals surface area (Å²) in [5.74, 6) is -2.57. The number of para-hydroxylation sites is 1. The molecule has 0 fully saturated rings. The zero-order valence-corrected chi connectivity index (χ0v) is 10.9. The molecule has 1 heterocycles. The maximum absolute atomic E-state index is 12.8. The molecule has 0 radical (unpaired) electrons. The SMILES string of the molecule is O=C(Nc1ncccn1)C(=O)Nc1ccccc1C(F)(F)F. The van der Waals surface area contributed by atoms with Crippen molar-refractivity contribution < 1.29 is 22.8 Å². The van der Waals surface area contributed by atoms with Crippen molar-refractivity contribution in [3.8, 4) is 0 Å². The highest BCUT2D eigenvalue weighted by Gasteiger charge is 2.34. The van der Waals surface area contributed by atoms with Crippen LogP contribution >= 0.6 is 0 Å². The molecule has 0 saturated carbocycles. The van der Waals surface area contributed by atoms with Gasteiger partial charge in [-0.3, -0.25) is 14.9 Å². The molecule has 1 aromatic heterocycles. The molecule has 0 aliphatic carbocycles. The number of anilines is 2. The number of rotatable bonds is 2. The van der Waals surface area contributed by atoms with Crippen LogP contribution in [-0.2, 0) is 15.8 Å². The fourth-order valence-corrected chi connectivity index (χ4v) is 1.54. The first kappa shape index (κ1) is 15.4. The van der Waals surface area contributed by atoms with E-state index in [1.165, 1.54) is 30.6 Å². The number of hydrogen-bond donors (Lipinski definition) is 2. The first-order chi connectivity index (χ1) is 10.4. The summed E-state index contributed by atoms with van der Waals surface area (Å²) in [6.45, 7) is 0. The van der Waals surface area contributed by atoms with Crippen molar-refractivity contribution in [2.45, 2.75) is 6.18 Å². The van der Waals surface area contributed by atoms with Crippen molar-refractivity contribution >= 4 is 23.5 Å². The zero-order valence-electron chi connectivity index (χ0n) is 10.9. The summed E-state index contributed by atoms with van der Waals surface area (Å²) < 4.78 is 38.3. The fraction of sp³-hybridized carbons (Fsp3) is 0.0769. The van der Waals surface area contributed by atoms with Crippen LogP contribution in [0.1, 0.15) is 5.56 Å². The molecule has 2 rings (SSSR count). The lowest BCUT2D eigenvalue weighted by molar-refractivity contribution is -0.137. The van der Waals surface area contributed by atoms with Gasteiger partial charge in [0, 0.05) is 12.4 Å². The number of carbonyl (C=O) groups excluding carboxylic acids is 2. The third-order valence-electron chi connectivity index (χ3n) is 2.48. The molecule has 0 bridgehead atoms. The Morgan fingerprint density at radius 1 is 0.909 bits per heavy atom. The molecule has 0 unspecified atom stereocenters. The Balaban J connectivity index is 2.11. The van der Waals surface area contributed by atoms with Gasteiger partial charge in [-0.1, -0.05) is 12.1 Å². The Labute approximate surface area is 122 Å². The summed E-state index contributed by atoms with van der Waals surface area (Å²) in [5, 5.41) is 3.98. The molecule has 22 heavy (non-hydrogen) atoms. The average Bonchev–Trinajstić information content (AvgIpc) is 2.47. The molecule has 9 heteroatoms. The van der Waals surface area contributed by atoms with E-state index in [0.29, 0.717) is 0 Å². The van der Waals surface area contributed by atoms with Crippen LogP contribution in [0.4, 0.5) is 24.8 Å². The van der Waals surface area contributed by atoms with Crippen LogP contribution in [0.25, 0.3) is 0 Å². The lowest BCUT2D eigenvalue weighted by Gasteiger charge is -2.13. The number of carbonyl (C=O) groups is 2. The van der Waals surface area contributed by atoms with Crippen molar-refractivity contribution in [2.75, 3.05) is 10.6 Å². The number of nitrogens with one attached hydrogen (secondary N) is 2. The lowest BCUT2D eigenvalue weighted by atomic mass is 10.1. The summed E-state index contributed by atoms with van der Waals surface area (Å²) in [6.07, 6.45) is -1.98. The summed E-state index contributed by atoms with van der Waals surface area (Å²) in [7, 11) is 0. The van der Waals surface area contributed by atoms with E-state index in [9.17, 15) is 22.8 Å². The van der Waals surface area contributed by atoms with Gasteiger partial charge >= 0.3 is 18.0 Å². The molecule has 2 N–H and O–H groups in total. The molecule has 2 amide bonds. The molecule has 0 spiro atoms. The molecule has 0 atom stereocenters. The van der Waals surface area contributed by atoms with E-state index in [0.717, 1.165) is 12.1 Å². The molecule has 0 saturated heterocycles. The molecular weight excluding hydrogens is 301 g/mol. The van der Waals surface area contributed by atoms with Crippen LogP contribution in [-0.4, -0.2) is 21.8 Å². The van der Waals surface area contributed by atoms with E-state index in [4.69, 9.17) is 0 Å². The topological polar surface area (TPSA) is 84.0 Å². The predicted octanol–water partition coefficient (Wildman–Crippen LogP) is 2.07. The van der Waals surface area contributed by atoms with Gasteiger partial charge in [0.05, 0.1) is 11.3 Å². The van der Waals surface area contributed by atoms with Crippen LogP contribution in [0.5, 0.6) is 0 Å². The van der Waals surface area contributed by atoms with Crippen LogP contribution in [0.3, 0.4) is 0 Å². The maximum atomic E-state index is 12.8.